The molecule has 0 saturated heterocycles. The van der Waals surface area contributed by atoms with Gasteiger partial charge in [-0.3, -0.25) is 9.78 Å². The van der Waals surface area contributed by atoms with Crippen LogP contribution < -0.4 is 4.74 Å². The van der Waals surface area contributed by atoms with Gasteiger partial charge < -0.3 is 9.84 Å². The van der Waals surface area contributed by atoms with Gasteiger partial charge in [0.15, 0.2) is 0 Å². The molecule has 0 saturated carbocycles. The standard InChI is InChI=1S/C17H19NO3/c19-17(20)11-5-4-9-15-16(10-6-12-18-15)21-13-14-7-2-1-3-8-14/h1-3,6-8,10,12H,4-5,9,11,13H2,(H,19,20). The second kappa shape index (κ2) is 8.04. The zero-order valence-corrected chi connectivity index (χ0v) is 11.9. The number of unbranched alkanes of at least 4 members (excludes halogenated alkanes) is 1. The van der Waals surface area contributed by atoms with Gasteiger partial charge in [-0.25, -0.2) is 0 Å². The largest absolute Gasteiger partial charge is 0.487 e. The highest BCUT2D eigenvalue weighted by Gasteiger charge is 2.06. The van der Waals surface area contributed by atoms with Crippen LogP contribution in [0.2, 0.25) is 0 Å². The Kier molecular flexibility index (Phi) is 5.76. The quantitative estimate of drug-likeness (QED) is 0.755. The lowest BCUT2D eigenvalue weighted by atomic mass is 10.1. The summed E-state index contributed by atoms with van der Waals surface area (Å²) in [5.41, 5.74) is 2.00. The van der Waals surface area contributed by atoms with Crippen molar-refractivity contribution in [2.75, 3.05) is 0 Å². The Morgan fingerprint density at radius 2 is 1.90 bits per heavy atom. The molecular formula is C17H19NO3. The summed E-state index contributed by atoms with van der Waals surface area (Å²) in [6, 6.07) is 13.7. The van der Waals surface area contributed by atoms with E-state index < -0.39 is 5.97 Å². The zero-order chi connectivity index (χ0) is 14.9. The molecule has 2 rings (SSSR count). The summed E-state index contributed by atoms with van der Waals surface area (Å²) in [5, 5.41) is 8.64. The van der Waals surface area contributed by atoms with Crippen molar-refractivity contribution in [2.45, 2.75) is 32.3 Å². The fourth-order valence-electron chi connectivity index (χ4n) is 2.05. The van der Waals surface area contributed by atoms with Gasteiger partial charge in [0.1, 0.15) is 12.4 Å². The summed E-state index contributed by atoms with van der Waals surface area (Å²) in [6.45, 7) is 0.509. The molecule has 0 amide bonds. The summed E-state index contributed by atoms with van der Waals surface area (Å²) >= 11 is 0. The van der Waals surface area contributed by atoms with Crippen LogP contribution in [0, 0.1) is 0 Å². The first-order chi connectivity index (χ1) is 10.3. The van der Waals surface area contributed by atoms with Crippen molar-refractivity contribution < 1.29 is 14.6 Å². The summed E-state index contributed by atoms with van der Waals surface area (Å²) in [7, 11) is 0. The van der Waals surface area contributed by atoms with Gasteiger partial charge in [0.05, 0.1) is 5.69 Å². The molecule has 0 bridgehead atoms. The number of aromatic nitrogens is 1. The summed E-state index contributed by atoms with van der Waals surface area (Å²) in [5.74, 6) is 0.0215. The van der Waals surface area contributed by atoms with Gasteiger partial charge in [-0.15, -0.1) is 0 Å². The lowest BCUT2D eigenvalue weighted by molar-refractivity contribution is -0.137. The molecule has 4 nitrogen and oxygen atoms in total. The molecule has 0 aliphatic carbocycles. The minimum atomic E-state index is -0.753. The first kappa shape index (κ1) is 15.0. The fraction of sp³-hybridized carbons (Fsp3) is 0.294. The highest BCUT2D eigenvalue weighted by molar-refractivity contribution is 5.66. The summed E-state index contributed by atoms with van der Waals surface area (Å²) in [4.78, 5) is 14.8. The van der Waals surface area contributed by atoms with Crippen molar-refractivity contribution in [3.05, 3.63) is 59.9 Å². The molecule has 0 aliphatic heterocycles. The lowest BCUT2D eigenvalue weighted by Gasteiger charge is -2.10. The number of carboxylic acid groups (broad SMARTS) is 1. The average molecular weight is 285 g/mol. The molecule has 0 fully saturated rings. The average Bonchev–Trinajstić information content (AvgIpc) is 2.51. The van der Waals surface area contributed by atoms with Crippen molar-refractivity contribution in [3.8, 4) is 5.75 Å². The van der Waals surface area contributed by atoms with Crippen LogP contribution in [0.4, 0.5) is 0 Å². The number of benzene rings is 1. The Morgan fingerprint density at radius 3 is 2.67 bits per heavy atom. The molecule has 0 atom stereocenters. The van der Waals surface area contributed by atoms with E-state index in [2.05, 4.69) is 4.98 Å². The van der Waals surface area contributed by atoms with Crippen LogP contribution in [0.3, 0.4) is 0 Å². The number of aryl methyl sites for hydroxylation is 1. The summed E-state index contributed by atoms with van der Waals surface area (Å²) in [6.07, 6.45) is 4.13. The van der Waals surface area contributed by atoms with Crippen molar-refractivity contribution in [3.63, 3.8) is 0 Å². The molecule has 0 spiro atoms. The number of carbonyl (C=O) groups is 1. The minimum Gasteiger partial charge on any atom is -0.487 e. The number of hydrogen-bond acceptors (Lipinski definition) is 3. The Hall–Kier alpha value is -2.36. The number of ether oxygens (including phenoxy) is 1. The maximum Gasteiger partial charge on any atom is 0.303 e. The van der Waals surface area contributed by atoms with E-state index in [9.17, 15) is 4.79 Å². The van der Waals surface area contributed by atoms with Crippen molar-refractivity contribution in [1.29, 1.82) is 0 Å². The number of hydrogen-bond donors (Lipinski definition) is 1. The van der Waals surface area contributed by atoms with E-state index in [0.29, 0.717) is 13.0 Å². The third-order valence-corrected chi connectivity index (χ3v) is 3.14. The van der Waals surface area contributed by atoms with Crippen LogP contribution in [0.25, 0.3) is 0 Å². The topological polar surface area (TPSA) is 59.4 Å². The Labute approximate surface area is 124 Å². The van der Waals surface area contributed by atoms with E-state index >= 15 is 0 Å². The van der Waals surface area contributed by atoms with Gasteiger partial charge in [0, 0.05) is 12.6 Å². The molecule has 4 heteroatoms. The molecule has 1 heterocycles. The van der Waals surface area contributed by atoms with Crippen molar-refractivity contribution in [2.24, 2.45) is 0 Å². The van der Waals surface area contributed by atoms with Gasteiger partial charge in [0.25, 0.3) is 0 Å². The fourth-order valence-corrected chi connectivity index (χ4v) is 2.05. The lowest BCUT2D eigenvalue weighted by Crippen LogP contribution is -2.01. The normalized spacial score (nSPS) is 10.3. The number of carboxylic acids is 1. The van der Waals surface area contributed by atoms with Crippen molar-refractivity contribution >= 4 is 5.97 Å². The van der Waals surface area contributed by atoms with Crippen LogP contribution in [0.5, 0.6) is 5.75 Å². The van der Waals surface area contributed by atoms with Gasteiger partial charge >= 0.3 is 5.97 Å². The SMILES string of the molecule is O=C(O)CCCCc1ncccc1OCc1ccccc1. The van der Waals surface area contributed by atoms with E-state index in [-0.39, 0.29) is 6.42 Å². The zero-order valence-electron chi connectivity index (χ0n) is 11.9. The number of pyridine rings is 1. The second-order valence-corrected chi connectivity index (χ2v) is 4.82. The first-order valence-corrected chi connectivity index (χ1v) is 7.08. The first-order valence-electron chi connectivity index (χ1n) is 7.08. The molecule has 0 unspecified atom stereocenters. The monoisotopic (exact) mass is 285 g/mol. The van der Waals surface area contributed by atoms with E-state index in [1.165, 1.54) is 0 Å². The molecule has 21 heavy (non-hydrogen) atoms. The second-order valence-electron chi connectivity index (χ2n) is 4.82. The molecule has 1 N–H and O–H groups in total. The van der Waals surface area contributed by atoms with E-state index in [0.717, 1.165) is 29.8 Å². The maximum atomic E-state index is 10.5. The van der Waals surface area contributed by atoms with E-state index in [4.69, 9.17) is 9.84 Å². The van der Waals surface area contributed by atoms with Crippen LogP contribution in [0.15, 0.2) is 48.7 Å². The maximum absolute atomic E-state index is 10.5. The number of rotatable bonds is 8. The van der Waals surface area contributed by atoms with Crippen LogP contribution >= 0.6 is 0 Å². The van der Waals surface area contributed by atoms with Gasteiger partial charge in [-0.1, -0.05) is 30.3 Å². The third kappa shape index (κ3) is 5.26. The van der Waals surface area contributed by atoms with Gasteiger partial charge in [-0.2, -0.15) is 0 Å². The third-order valence-electron chi connectivity index (χ3n) is 3.14. The van der Waals surface area contributed by atoms with E-state index in [1.807, 2.05) is 42.5 Å². The molecule has 1 aromatic carbocycles. The molecule has 0 radical (unpaired) electrons. The highest BCUT2D eigenvalue weighted by Crippen LogP contribution is 2.19. The summed E-state index contributed by atoms with van der Waals surface area (Å²) < 4.78 is 5.82. The predicted molar refractivity (Wildman–Crippen MR) is 80.2 cm³/mol. The number of aliphatic carboxylic acids is 1. The van der Waals surface area contributed by atoms with Crippen LogP contribution in [0.1, 0.15) is 30.5 Å². The Balaban J connectivity index is 1.89. The molecular weight excluding hydrogens is 266 g/mol. The molecule has 0 aliphatic rings. The minimum absolute atomic E-state index is 0.201. The predicted octanol–water partition coefficient (Wildman–Crippen LogP) is 3.46. The van der Waals surface area contributed by atoms with Gasteiger partial charge in [-0.05, 0) is 37.0 Å². The Bertz CT molecular complexity index is 569. The highest BCUT2D eigenvalue weighted by atomic mass is 16.5. The van der Waals surface area contributed by atoms with Crippen LogP contribution in [-0.2, 0) is 17.8 Å². The van der Waals surface area contributed by atoms with Crippen LogP contribution in [-0.4, -0.2) is 16.1 Å². The van der Waals surface area contributed by atoms with E-state index in [1.54, 1.807) is 6.20 Å². The smallest absolute Gasteiger partial charge is 0.303 e. The van der Waals surface area contributed by atoms with Gasteiger partial charge in [0.2, 0.25) is 0 Å². The Morgan fingerprint density at radius 1 is 1.10 bits per heavy atom. The van der Waals surface area contributed by atoms with Crippen molar-refractivity contribution in [1.82, 2.24) is 4.98 Å². The molecule has 1 aromatic heterocycles. The molecule has 110 valence electrons. The molecule has 2 aromatic rings. The number of nitrogens with zero attached hydrogens (tertiary/aromatic N) is 1.